The van der Waals surface area contributed by atoms with Gasteiger partial charge in [0, 0.05) is 26.7 Å². The molecule has 33 heavy (non-hydrogen) atoms. The van der Waals surface area contributed by atoms with Crippen LogP contribution in [-0.4, -0.2) is 66.5 Å². The molecule has 9 heteroatoms. The zero-order chi connectivity index (χ0) is 23.3. The highest BCUT2D eigenvalue weighted by Gasteiger charge is 2.13. The summed E-state index contributed by atoms with van der Waals surface area (Å²) in [6, 6.07) is 11.9. The fourth-order valence-electron chi connectivity index (χ4n) is 3.10. The Morgan fingerprint density at radius 3 is 1.94 bits per heavy atom. The summed E-state index contributed by atoms with van der Waals surface area (Å²) >= 11 is 0. The van der Waals surface area contributed by atoms with Gasteiger partial charge in [-0.15, -0.1) is 24.0 Å². The van der Waals surface area contributed by atoms with Crippen LogP contribution in [0.3, 0.4) is 0 Å². The summed E-state index contributed by atoms with van der Waals surface area (Å²) in [7, 11) is 10.7. The van der Waals surface area contributed by atoms with Crippen molar-refractivity contribution in [3.8, 4) is 23.0 Å². The fraction of sp³-hybridized carbons (Fsp3) is 0.458. The van der Waals surface area contributed by atoms with Gasteiger partial charge in [-0.1, -0.05) is 12.1 Å². The van der Waals surface area contributed by atoms with Crippen LogP contribution in [-0.2, 0) is 13.1 Å². The normalized spacial score (nSPS) is 10.9. The molecule has 0 aromatic heterocycles. The number of hydrogen-bond acceptors (Lipinski definition) is 6. The van der Waals surface area contributed by atoms with Gasteiger partial charge in [0.1, 0.15) is 5.75 Å². The van der Waals surface area contributed by atoms with E-state index in [0.717, 1.165) is 29.8 Å². The lowest BCUT2D eigenvalue weighted by Gasteiger charge is -2.16. The minimum atomic E-state index is 0. The summed E-state index contributed by atoms with van der Waals surface area (Å²) in [5, 5.41) is 6.63. The molecule has 2 aromatic carbocycles. The fourth-order valence-corrected chi connectivity index (χ4v) is 3.10. The second-order valence-corrected chi connectivity index (χ2v) is 7.46. The zero-order valence-electron chi connectivity index (χ0n) is 20.4. The van der Waals surface area contributed by atoms with Gasteiger partial charge in [-0.05, 0) is 55.9 Å². The van der Waals surface area contributed by atoms with E-state index < -0.39 is 0 Å². The molecular weight excluding hydrogens is 535 g/mol. The van der Waals surface area contributed by atoms with E-state index >= 15 is 0 Å². The number of nitrogens with zero attached hydrogens (tertiary/aromatic N) is 2. The summed E-state index contributed by atoms with van der Waals surface area (Å²) in [6.45, 7) is 2.93. The Labute approximate surface area is 214 Å². The largest absolute Gasteiger partial charge is 0.494 e. The van der Waals surface area contributed by atoms with Crippen LogP contribution in [0.5, 0.6) is 23.0 Å². The Kier molecular flexibility index (Phi) is 13.4. The molecule has 0 fully saturated rings. The van der Waals surface area contributed by atoms with Crippen molar-refractivity contribution in [2.45, 2.75) is 19.5 Å². The Balaban J connectivity index is 0.00000544. The van der Waals surface area contributed by atoms with E-state index in [9.17, 15) is 0 Å². The number of halogens is 1. The van der Waals surface area contributed by atoms with E-state index in [-0.39, 0.29) is 24.0 Å². The van der Waals surface area contributed by atoms with E-state index in [0.29, 0.717) is 42.9 Å². The number of rotatable bonds is 12. The van der Waals surface area contributed by atoms with Gasteiger partial charge in [0.05, 0.1) is 27.9 Å². The first-order valence-electron chi connectivity index (χ1n) is 10.6. The summed E-state index contributed by atoms with van der Waals surface area (Å²) in [4.78, 5) is 6.45. The molecule has 0 saturated heterocycles. The van der Waals surface area contributed by atoms with Crippen LogP contribution in [0.1, 0.15) is 17.5 Å². The van der Waals surface area contributed by atoms with Crippen molar-refractivity contribution in [3.63, 3.8) is 0 Å². The van der Waals surface area contributed by atoms with Crippen molar-refractivity contribution in [1.82, 2.24) is 15.5 Å². The van der Waals surface area contributed by atoms with Crippen molar-refractivity contribution in [3.05, 3.63) is 47.5 Å². The molecule has 2 rings (SSSR count). The smallest absolute Gasteiger partial charge is 0.203 e. The molecule has 0 amide bonds. The third-order valence-corrected chi connectivity index (χ3v) is 4.81. The number of benzene rings is 2. The minimum absolute atomic E-state index is 0. The number of hydrogen-bond donors (Lipinski definition) is 2. The molecule has 0 atom stereocenters. The average molecular weight is 572 g/mol. The number of aliphatic imine (C=N–C) groups is 1. The molecular formula is C24H37IN4O4. The van der Waals surface area contributed by atoms with Crippen molar-refractivity contribution in [2.75, 3.05) is 55.6 Å². The van der Waals surface area contributed by atoms with Gasteiger partial charge in [0.2, 0.25) is 5.75 Å². The molecule has 0 aliphatic carbocycles. The van der Waals surface area contributed by atoms with Crippen LogP contribution in [0.25, 0.3) is 0 Å². The Morgan fingerprint density at radius 1 is 0.879 bits per heavy atom. The molecule has 2 aromatic rings. The molecule has 0 aliphatic rings. The van der Waals surface area contributed by atoms with Crippen molar-refractivity contribution < 1.29 is 18.9 Å². The average Bonchev–Trinajstić information content (AvgIpc) is 2.81. The highest BCUT2D eigenvalue weighted by Crippen LogP contribution is 2.38. The molecule has 8 nitrogen and oxygen atoms in total. The van der Waals surface area contributed by atoms with Crippen LogP contribution in [0, 0.1) is 0 Å². The number of ether oxygens (including phenoxy) is 4. The lowest BCUT2D eigenvalue weighted by atomic mass is 10.2. The lowest BCUT2D eigenvalue weighted by molar-refractivity contribution is 0.281. The van der Waals surface area contributed by atoms with Crippen LogP contribution in [0.4, 0.5) is 0 Å². The molecule has 0 bridgehead atoms. The van der Waals surface area contributed by atoms with Crippen LogP contribution >= 0.6 is 24.0 Å². The maximum atomic E-state index is 5.79. The number of nitrogens with one attached hydrogen (secondary N) is 2. The van der Waals surface area contributed by atoms with Crippen molar-refractivity contribution in [1.29, 1.82) is 0 Å². The monoisotopic (exact) mass is 572 g/mol. The number of guanidine groups is 1. The highest BCUT2D eigenvalue weighted by molar-refractivity contribution is 14.0. The summed E-state index contributed by atoms with van der Waals surface area (Å²) in [5.41, 5.74) is 2.12. The van der Waals surface area contributed by atoms with Gasteiger partial charge in [-0.25, -0.2) is 0 Å². The third kappa shape index (κ3) is 9.55. The SMILES string of the molecule is CN=C(NCc1ccc(OCCCN(C)C)cc1)NCc1cc(OC)c(OC)c(OC)c1.I. The van der Waals surface area contributed by atoms with E-state index in [2.05, 4.69) is 46.8 Å². The number of methoxy groups -OCH3 is 3. The maximum Gasteiger partial charge on any atom is 0.203 e. The maximum absolute atomic E-state index is 5.79. The predicted molar refractivity (Wildman–Crippen MR) is 144 cm³/mol. The Bertz CT molecular complexity index is 835. The molecule has 0 aliphatic heterocycles. The topological polar surface area (TPSA) is 76.6 Å². The van der Waals surface area contributed by atoms with Crippen LogP contribution < -0.4 is 29.6 Å². The third-order valence-electron chi connectivity index (χ3n) is 4.81. The standard InChI is InChI=1S/C24H36N4O4.HI/c1-25-24(27-17-19-14-21(29-4)23(31-6)22(15-19)30-5)26-16-18-8-10-20(11-9-18)32-13-7-12-28(2)3;/h8-11,14-15H,7,12-13,16-17H2,1-6H3,(H2,25,26,27);1H. The van der Waals surface area contributed by atoms with Crippen molar-refractivity contribution in [2.24, 2.45) is 4.99 Å². The predicted octanol–water partition coefficient (Wildman–Crippen LogP) is 3.53. The molecule has 2 N–H and O–H groups in total. The summed E-state index contributed by atoms with van der Waals surface area (Å²) in [6.07, 6.45) is 1.00. The van der Waals surface area contributed by atoms with Crippen molar-refractivity contribution >= 4 is 29.9 Å². The van der Waals surface area contributed by atoms with E-state index in [1.165, 1.54) is 0 Å². The highest BCUT2D eigenvalue weighted by atomic mass is 127. The Morgan fingerprint density at radius 2 is 1.45 bits per heavy atom. The van der Waals surface area contributed by atoms with E-state index in [4.69, 9.17) is 18.9 Å². The van der Waals surface area contributed by atoms with Crippen LogP contribution in [0.2, 0.25) is 0 Å². The molecule has 0 saturated carbocycles. The van der Waals surface area contributed by atoms with Crippen LogP contribution in [0.15, 0.2) is 41.4 Å². The molecule has 0 heterocycles. The quantitative estimate of drug-likeness (QED) is 0.175. The molecule has 0 spiro atoms. The van der Waals surface area contributed by atoms with Gasteiger partial charge in [0.25, 0.3) is 0 Å². The second-order valence-electron chi connectivity index (χ2n) is 7.46. The zero-order valence-corrected chi connectivity index (χ0v) is 22.8. The summed E-state index contributed by atoms with van der Waals surface area (Å²) in [5.74, 6) is 3.40. The first-order valence-corrected chi connectivity index (χ1v) is 10.6. The second kappa shape index (κ2) is 15.4. The summed E-state index contributed by atoms with van der Waals surface area (Å²) < 4.78 is 22.0. The lowest BCUT2D eigenvalue weighted by Crippen LogP contribution is -2.36. The first kappa shape index (κ1) is 28.6. The van der Waals surface area contributed by atoms with Gasteiger partial charge in [0.15, 0.2) is 17.5 Å². The Hall–Kier alpha value is -2.40. The minimum Gasteiger partial charge on any atom is -0.494 e. The van der Waals surface area contributed by atoms with E-state index in [1.807, 2.05) is 24.3 Å². The van der Waals surface area contributed by atoms with Gasteiger partial charge in [-0.3, -0.25) is 4.99 Å². The van der Waals surface area contributed by atoms with Gasteiger partial charge >= 0.3 is 0 Å². The van der Waals surface area contributed by atoms with Gasteiger partial charge < -0.3 is 34.5 Å². The van der Waals surface area contributed by atoms with Gasteiger partial charge in [-0.2, -0.15) is 0 Å². The molecule has 184 valence electrons. The molecule has 0 radical (unpaired) electrons. The molecule has 0 unspecified atom stereocenters. The van der Waals surface area contributed by atoms with E-state index in [1.54, 1.807) is 28.4 Å². The first-order chi connectivity index (χ1) is 15.5.